The Labute approximate surface area is 102 Å². The topological polar surface area (TPSA) is 24.9 Å². The molecule has 2 heteroatoms. The molecule has 1 N–H and O–H groups in total. The average Bonchev–Trinajstić information content (AvgIpc) is 2.41. The van der Waals surface area contributed by atoms with E-state index in [1.54, 1.807) is 6.20 Å². The van der Waals surface area contributed by atoms with Crippen molar-refractivity contribution in [3.05, 3.63) is 54.2 Å². The summed E-state index contributed by atoms with van der Waals surface area (Å²) in [5.74, 6) is 6.13. The Bertz CT molecular complexity index is 518. The zero-order valence-electron chi connectivity index (χ0n) is 9.77. The van der Waals surface area contributed by atoms with Crippen molar-refractivity contribution in [2.24, 2.45) is 0 Å². The van der Waals surface area contributed by atoms with Crippen LogP contribution in [0.4, 0.5) is 0 Å². The molecule has 0 aliphatic heterocycles. The second kappa shape index (κ2) is 5.83. The van der Waals surface area contributed by atoms with Crippen LogP contribution in [0.5, 0.6) is 0 Å². The minimum Gasteiger partial charge on any atom is -0.309 e. The van der Waals surface area contributed by atoms with Crippen LogP contribution in [0.15, 0.2) is 48.7 Å². The summed E-state index contributed by atoms with van der Waals surface area (Å²) in [5, 5.41) is 2.99. The maximum atomic E-state index is 4.31. The van der Waals surface area contributed by atoms with E-state index >= 15 is 0 Å². The Morgan fingerprint density at radius 1 is 1.12 bits per heavy atom. The monoisotopic (exact) mass is 222 g/mol. The fourth-order valence-corrected chi connectivity index (χ4v) is 1.49. The van der Waals surface area contributed by atoms with Gasteiger partial charge in [-0.25, -0.2) is 0 Å². The number of aromatic nitrogens is 1. The van der Waals surface area contributed by atoms with Gasteiger partial charge in [-0.15, -0.1) is 0 Å². The number of pyridine rings is 1. The fourth-order valence-electron chi connectivity index (χ4n) is 1.49. The molecular formula is C15H14N2. The lowest BCUT2D eigenvalue weighted by Gasteiger charge is -1.99. The smallest absolute Gasteiger partial charge is 0.0701 e. The molecule has 0 spiro atoms. The van der Waals surface area contributed by atoms with Crippen molar-refractivity contribution in [1.82, 2.24) is 10.3 Å². The van der Waals surface area contributed by atoms with Gasteiger partial charge in [-0.3, -0.25) is 4.98 Å². The van der Waals surface area contributed by atoms with E-state index in [1.807, 2.05) is 49.5 Å². The number of hydrogen-bond donors (Lipinski definition) is 1. The molecule has 2 aromatic rings. The van der Waals surface area contributed by atoms with Gasteiger partial charge in [0.2, 0.25) is 0 Å². The molecule has 0 saturated carbocycles. The van der Waals surface area contributed by atoms with E-state index in [2.05, 4.69) is 22.1 Å². The summed E-state index contributed by atoms with van der Waals surface area (Å²) >= 11 is 0. The first-order valence-electron chi connectivity index (χ1n) is 5.55. The predicted octanol–water partition coefficient (Wildman–Crippen LogP) is 2.32. The molecule has 1 aromatic carbocycles. The van der Waals surface area contributed by atoms with Crippen molar-refractivity contribution >= 4 is 0 Å². The Morgan fingerprint density at radius 2 is 1.94 bits per heavy atom. The van der Waals surface area contributed by atoms with E-state index < -0.39 is 0 Å². The third kappa shape index (κ3) is 3.17. The molecule has 0 aliphatic carbocycles. The van der Waals surface area contributed by atoms with Gasteiger partial charge < -0.3 is 5.32 Å². The molecule has 0 bridgehead atoms. The first-order valence-corrected chi connectivity index (χ1v) is 5.55. The van der Waals surface area contributed by atoms with E-state index in [-0.39, 0.29) is 0 Å². The minimum atomic E-state index is 0.710. The van der Waals surface area contributed by atoms with Gasteiger partial charge in [0, 0.05) is 17.3 Å². The van der Waals surface area contributed by atoms with Gasteiger partial charge in [0.25, 0.3) is 0 Å². The zero-order valence-corrected chi connectivity index (χ0v) is 9.77. The van der Waals surface area contributed by atoms with Crippen LogP contribution >= 0.6 is 0 Å². The Morgan fingerprint density at radius 3 is 2.59 bits per heavy atom. The van der Waals surface area contributed by atoms with Crippen molar-refractivity contribution in [3.8, 4) is 23.1 Å². The first kappa shape index (κ1) is 11.4. The quantitative estimate of drug-likeness (QED) is 0.789. The first-order chi connectivity index (χ1) is 8.40. The average molecular weight is 222 g/mol. The molecule has 0 saturated heterocycles. The van der Waals surface area contributed by atoms with Gasteiger partial charge in [-0.2, -0.15) is 0 Å². The van der Waals surface area contributed by atoms with Crippen LogP contribution in [-0.4, -0.2) is 18.6 Å². The largest absolute Gasteiger partial charge is 0.309 e. The lowest BCUT2D eigenvalue weighted by atomic mass is 10.1. The molecule has 2 nitrogen and oxygen atoms in total. The lowest BCUT2D eigenvalue weighted by Crippen LogP contribution is -2.04. The Hall–Kier alpha value is -2.11. The maximum Gasteiger partial charge on any atom is 0.0701 e. The summed E-state index contributed by atoms with van der Waals surface area (Å²) in [6.07, 6.45) is 1.80. The van der Waals surface area contributed by atoms with E-state index in [1.165, 1.54) is 0 Å². The summed E-state index contributed by atoms with van der Waals surface area (Å²) in [4.78, 5) is 4.31. The predicted molar refractivity (Wildman–Crippen MR) is 70.5 cm³/mol. The molecule has 0 fully saturated rings. The highest BCUT2D eigenvalue weighted by Crippen LogP contribution is 2.16. The van der Waals surface area contributed by atoms with Crippen molar-refractivity contribution in [1.29, 1.82) is 0 Å². The molecule has 0 amide bonds. The third-order valence-corrected chi connectivity index (χ3v) is 2.34. The Kier molecular flexibility index (Phi) is 3.90. The number of nitrogens with one attached hydrogen (secondary N) is 1. The highest BCUT2D eigenvalue weighted by atomic mass is 14.8. The van der Waals surface area contributed by atoms with E-state index in [0.717, 1.165) is 16.8 Å². The molecule has 2 rings (SSSR count). The van der Waals surface area contributed by atoms with Gasteiger partial charge in [-0.1, -0.05) is 30.0 Å². The molecule has 1 heterocycles. The van der Waals surface area contributed by atoms with Gasteiger partial charge in [-0.05, 0) is 31.3 Å². The van der Waals surface area contributed by atoms with Crippen LogP contribution in [0.25, 0.3) is 11.3 Å². The molecule has 0 atom stereocenters. The number of nitrogens with zero attached hydrogens (tertiary/aromatic N) is 1. The number of hydrogen-bond acceptors (Lipinski definition) is 2. The molecular weight excluding hydrogens is 208 g/mol. The second-order valence-corrected chi connectivity index (χ2v) is 3.62. The number of benzene rings is 1. The minimum absolute atomic E-state index is 0.710. The summed E-state index contributed by atoms with van der Waals surface area (Å²) in [6, 6.07) is 14.0. The van der Waals surface area contributed by atoms with Gasteiger partial charge >= 0.3 is 0 Å². The molecule has 17 heavy (non-hydrogen) atoms. The standard InChI is InChI=1S/C15H14N2/c1-16-11-4-5-13-7-9-14(10-8-13)15-6-2-3-12-17-15/h2-3,6-10,12,16H,11H2,1H3. The van der Waals surface area contributed by atoms with Crippen molar-refractivity contribution in [2.75, 3.05) is 13.6 Å². The summed E-state index contributed by atoms with van der Waals surface area (Å²) in [5.41, 5.74) is 3.13. The fraction of sp³-hybridized carbons (Fsp3) is 0.133. The van der Waals surface area contributed by atoms with Gasteiger partial charge in [0.15, 0.2) is 0 Å². The normalized spacial score (nSPS) is 9.47. The molecule has 0 unspecified atom stereocenters. The van der Waals surface area contributed by atoms with Crippen molar-refractivity contribution < 1.29 is 0 Å². The molecule has 84 valence electrons. The third-order valence-electron chi connectivity index (χ3n) is 2.34. The van der Waals surface area contributed by atoms with Crippen LogP contribution in [0.2, 0.25) is 0 Å². The van der Waals surface area contributed by atoms with Crippen LogP contribution in [-0.2, 0) is 0 Å². The van der Waals surface area contributed by atoms with Gasteiger partial charge in [0.05, 0.1) is 12.2 Å². The molecule has 0 radical (unpaired) electrons. The highest BCUT2D eigenvalue weighted by Gasteiger charge is 1.96. The maximum absolute atomic E-state index is 4.31. The van der Waals surface area contributed by atoms with Crippen LogP contribution < -0.4 is 5.32 Å². The SMILES string of the molecule is CNCC#Cc1ccc(-c2ccccn2)cc1. The summed E-state index contributed by atoms with van der Waals surface area (Å²) < 4.78 is 0. The van der Waals surface area contributed by atoms with E-state index in [9.17, 15) is 0 Å². The second-order valence-electron chi connectivity index (χ2n) is 3.62. The van der Waals surface area contributed by atoms with Crippen LogP contribution in [0.3, 0.4) is 0 Å². The van der Waals surface area contributed by atoms with Crippen molar-refractivity contribution in [2.45, 2.75) is 0 Å². The highest BCUT2D eigenvalue weighted by molar-refractivity contribution is 5.60. The number of rotatable bonds is 2. The molecule has 0 aliphatic rings. The van der Waals surface area contributed by atoms with E-state index in [0.29, 0.717) is 6.54 Å². The Balaban J connectivity index is 2.17. The summed E-state index contributed by atoms with van der Waals surface area (Å²) in [6.45, 7) is 0.710. The van der Waals surface area contributed by atoms with E-state index in [4.69, 9.17) is 0 Å². The molecule has 1 aromatic heterocycles. The summed E-state index contributed by atoms with van der Waals surface area (Å²) in [7, 11) is 1.89. The zero-order chi connectivity index (χ0) is 11.9. The van der Waals surface area contributed by atoms with Crippen molar-refractivity contribution in [3.63, 3.8) is 0 Å². The lowest BCUT2D eigenvalue weighted by molar-refractivity contribution is 0.938. The van der Waals surface area contributed by atoms with Crippen LogP contribution in [0, 0.1) is 11.8 Å². The van der Waals surface area contributed by atoms with Crippen LogP contribution in [0.1, 0.15) is 5.56 Å². The van der Waals surface area contributed by atoms with Gasteiger partial charge in [0.1, 0.15) is 0 Å².